The summed E-state index contributed by atoms with van der Waals surface area (Å²) in [5, 5.41) is 13.6. The van der Waals surface area contributed by atoms with E-state index in [1.807, 2.05) is 23.8 Å². The van der Waals surface area contributed by atoms with E-state index < -0.39 is 0 Å². The molecule has 2 aromatic rings. The summed E-state index contributed by atoms with van der Waals surface area (Å²) in [6.45, 7) is 7.92. The van der Waals surface area contributed by atoms with Gasteiger partial charge in [-0.25, -0.2) is 9.98 Å². The number of nitrogens with one attached hydrogen (secondary N) is 3. The van der Waals surface area contributed by atoms with Gasteiger partial charge in [-0.2, -0.15) is 5.10 Å². The second-order valence-electron chi connectivity index (χ2n) is 6.13. The Morgan fingerprint density at radius 2 is 2.38 bits per heavy atom. The number of aryl methyl sites for hydroxylation is 1. The third-order valence-electron chi connectivity index (χ3n) is 4.27. The molecule has 3 rings (SSSR count). The number of amidine groups is 1. The van der Waals surface area contributed by atoms with Crippen LogP contribution in [0.2, 0.25) is 0 Å². The molecule has 0 aromatic carbocycles. The number of hydrogen-bond donors (Lipinski definition) is 4. The van der Waals surface area contributed by atoms with E-state index in [-0.39, 0.29) is 12.2 Å². The molecule has 8 heteroatoms. The highest BCUT2D eigenvalue weighted by Gasteiger charge is 2.22. The van der Waals surface area contributed by atoms with Crippen molar-refractivity contribution in [2.24, 2.45) is 10.7 Å². The Morgan fingerprint density at radius 1 is 1.54 bits per heavy atom. The molecular weight excluding hydrogens is 328 g/mol. The van der Waals surface area contributed by atoms with Gasteiger partial charge in [0.1, 0.15) is 17.8 Å². The third kappa shape index (κ3) is 3.92. The SMILES string of the molecule is C=CC/C(=C\n1ccnc1C)[C@H](C)NC1NC(c2cn[nH]c2)=CN=C1N. The topological polar surface area (TPSA) is 109 Å². The Balaban J connectivity index is 1.75. The smallest absolute Gasteiger partial charge is 0.137 e. The quantitative estimate of drug-likeness (QED) is 0.566. The standard InChI is InChI=1S/C18H24N8/c1-4-5-14(11-26-7-6-20-13(26)3)12(2)24-18-17(19)21-10-16(25-18)15-8-22-23-9-15/h4,6-12,18,24-25H,1,5H2,2-3H3,(H2,19,21)(H,22,23)/b14-11+/t12-,18?/m0/s1. The van der Waals surface area contributed by atoms with Gasteiger partial charge in [0.25, 0.3) is 0 Å². The van der Waals surface area contributed by atoms with Crippen LogP contribution in [-0.2, 0) is 0 Å². The highest BCUT2D eigenvalue weighted by molar-refractivity contribution is 5.90. The summed E-state index contributed by atoms with van der Waals surface area (Å²) in [6, 6.07) is 0.0461. The maximum Gasteiger partial charge on any atom is 0.137 e. The van der Waals surface area contributed by atoms with Crippen LogP contribution in [0.5, 0.6) is 0 Å². The molecule has 0 saturated carbocycles. The van der Waals surface area contributed by atoms with E-state index in [1.54, 1.807) is 24.8 Å². The van der Waals surface area contributed by atoms with Crippen molar-refractivity contribution in [2.45, 2.75) is 32.5 Å². The van der Waals surface area contributed by atoms with Crippen LogP contribution < -0.4 is 16.4 Å². The summed E-state index contributed by atoms with van der Waals surface area (Å²) >= 11 is 0. The summed E-state index contributed by atoms with van der Waals surface area (Å²) in [4.78, 5) is 8.57. The molecule has 0 aliphatic carbocycles. The highest BCUT2D eigenvalue weighted by atomic mass is 15.2. The van der Waals surface area contributed by atoms with E-state index in [2.05, 4.69) is 50.5 Å². The minimum atomic E-state index is -0.281. The normalized spacial score (nSPS) is 18.7. The number of allylic oxidation sites excluding steroid dienone is 1. The van der Waals surface area contributed by atoms with Gasteiger partial charge in [0, 0.05) is 36.4 Å². The molecule has 0 saturated heterocycles. The van der Waals surface area contributed by atoms with Crippen molar-refractivity contribution < 1.29 is 0 Å². The highest BCUT2D eigenvalue weighted by Crippen LogP contribution is 2.16. The zero-order chi connectivity index (χ0) is 18.5. The van der Waals surface area contributed by atoms with E-state index in [9.17, 15) is 0 Å². The molecule has 3 heterocycles. The predicted octanol–water partition coefficient (Wildman–Crippen LogP) is 1.59. The molecule has 0 bridgehead atoms. The lowest BCUT2D eigenvalue weighted by atomic mass is 10.1. The van der Waals surface area contributed by atoms with Crippen LogP contribution in [0.25, 0.3) is 11.9 Å². The second-order valence-corrected chi connectivity index (χ2v) is 6.13. The van der Waals surface area contributed by atoms with Crippen molar-refractivity contribution >= 4 is 17.7 Å². The van der Waals surface area contributed by atoms with Crippen molar-refractivity contribution in [3.05, 3.63) is 60.6 Å². The van der Waals surface area contributed by atoms with E-state index >= 15 is 0 Å². The minimum Gasteiger partial charge on any atom is -0.384 e. The number of nitrogens with zero attached hydrogens (tertiary/aromatic N) is 4. The molecule has 0 spiro atoms. The third-order valence-corrected chi connectivity index (χ3v) is 4.27. The van der Waals surface area contributed by atoms with Crippen molar-refractivity contribution in [1.29, 1.82) is 0 Å². The molecule has 2 aromatic heterocycles. The van der Waals surface area contributed by atoms with Gasteiger partial charge < -0.3 is 15.6 Å². The lowest BCUT2D eigenvalue weighted by Crippen LogP contribution is -2.55. The Labute approximate surface area is 152 Å². The molecule has 5 N–H and O–H groups in total. The minimum absolute atomic E-state index is 0.0461. The molecule has 0 radical (unpaired) electrons. The first-order valence-corrected chi connectivity index (χ1v) is 8.44. The maximum atomic E-state index is 6.08. The molecule has 8 nitrogen and oxygen atoms in total. The Hall–Kier alpha value is -3.13. The fourth-order valence-electron chi connectivity index (χ4n) is 2.73. The molecule has 0 fully saturated rings. The number of hydrogen-bond acceptors (Lipinski definition) is 6. The van der Waals surface area contributed by atoms with Crippen molar-refractivity contribution in [3.63, 3.8) is 0 Å². The largest absolute Gasteiger partial charge is 0.384 e. The summed E-state index contributed by atoms with van der Waals surface area (Å²) < 4.78 is 2.00. The number of aromatic nitrogens is 4. The number of H-pyrrole nitrogens is 1. The van der Waals surface area contributed by atoms with Crippen LogP contribution in [-0.4, -0.2) is 37.8 Å². The zero-order valence-corrected chi connectivity index (χ0v) is 15.0. The Bertz CT molecular complexity index is 840. The molecular formula is C18H24N8. The van der Waals surface area contributed by atoms with Gasteiger partial charge >= 0.3 is 0 Å². The van der Waals surface area contributed by atoms with Gasteiger partial charge in [-0.15, -0.1) is 6.58 Å². The lowest BCUT2D eigenvalue weighted by molar-refractivity contribution is 0.522. The summed E-state index contributed by atoms with van der Waals surface area (Å²) in [5.41, 5.74) is 9.03. The zero-order valence-electron chi connectivity index (χ0n) is 15.0. The fourth-order valence-corrected chi connectivity index (χ4v) is 2.73. The predicted molar refractivity (Wildman–Crippen MR) is 104 cm³/mol. The molecule has 0 amide bonds. The van der Waals surface area contributed by atoms with Crippen LogP contribution >= 0.6 is 0 Å². The first-order valence-electron chi connectivity index (χ1n) is 8.44. The first kappa shape index (κ1) is 17.7. The van der Waals surface area contributed by atoms with E-state index in [0.717, 1.165) is 29.1 Å². The number of aliphatic imine (C=N–C) groups is 1. The Morgan fingerprint density at radius 3 is 3.04 bits per heavy atom. The van der Waals surface area contributed by atoms with Crippen molar-refractivity contribution in [3.8, 4) is 0 Å². The van der Waals surface area contributed by atoms with Gasteiger partial charge in [0.15, 0.2) is 0 Å². The molecule has 2 atom stereocenters. The summed E-state index contributed by atoms with van der Waals surface area (Å²) in [6.07, 6.45) is 13.4. The van der Waals surface area contributed by atoms with Crippen molar-refractivity contribution in [2.75, 3.05) is 0 Å². The average molecular weight is 352 g/mol. The van der Waals surface area contributed by atoms with Crippen LogP contribution in [0.15, 0.2) is 54.2 Å². The monoisotopic (exact) mass is 352 g/mol. The fraction of sp³-hybridized carbons (Fsp3) is 0.278. The number of imidazole rings is 1. The molecule has 26 heavy (non-hydrogen) atoms. The first-order chi connectivity index (χ1) is 12.6. The second kappa shape index (κ2) is 7.83. The van der Waals surface area contributed by atoms with Crippen LogP contribution in [0, 0.1) is 6.92 Å². The summed E-state index contributed by atoms with van der Waals surface area (Å²) in [5.74, 6) is 1.42. The Kier molecular flexibility index (Phi) is 5.33. The van der Waals surface area contributed by atoms with E-state index in [4.69, 9.17) is 5.73 Å². The molecule has 1 aliphatic heterocycles. The maximum absolute atomic E-state index is 6.08. The van der Waals surface area contributed by atoms with Gasteiger partial charge in [0.2, 0.25) is 0 Å². The van der Waals surface area contributed by atoms with Crippen LogP contribution in [0.3, 0.4) is 0 Å². The lowest BCUT2D eigenvalue weighted by Gasteiger charge is -2.28. The molecule has 136 valence electrons. The van der Waals surface area contributed by atoms with Crippen LogP contribution in [0.1, 0.15) is 24.7 Å². The summed E-state index contributed by atoms with van der Waals surface area (Å²) in [7, 11) is 0. The molecule has 1 aliphatic rings. The number of rotatable bonds is 7. The van der Waals surface area contributed by atoms with Gasteiger partial charge in [-0.3, -0.25) is 10.4 Å². The van der Waals surface area contributed by atoms with Gasteiger partial charge in [-0.1, -0.05) is 6.08 Å². The van der Waals surface area contributed by atoms with Gasteiger partial charge in [-0.05, 0) is 25.8 Å². The average Bonchev–Trinajstić information content (AvgIpc) is 3.29. The number of aromatic amines is 1. The number of nitrogens with two attached hydrogens (primary N) is 1. The van der Waals surface area contributed by atoms with Crippen molar-refractivity contribution in [1.82, 2.24) is 30.4 Å². The van der Waals surface area contributed by atoms with Gasteiger partial charge in [0.05, 0.1) is 18.1 Å². The molecule has 1 unspecified atom stereocenters. The van der Waals surface area contributed by atoms with E-state index in [1.165, 1.54) is 0 Å². The van der Waals surface area contributed by atoms with Crippen LogP contribution in [0.4, 0.5) is 0 Å². The van der Waals surface area contributed by atoms with E-state index in [0.29, 0.717) is 5.84 Å².